The maximum absolute atomic E-state index is 4.77. The zero-order valence-corrected chi connectivity index (χ0v) is 14.3. The van der Waals surface area contributed by atoms with Crippen molar-refractivity contribution < 1.29 is 0 Å². The molecule has 0 aliphatic heterocycles. The van der Waals surface area contributed by atoms with Gasteiger partial charge in [-0.05, 0) is 39.2 Å². The fraction of sp³-hybridized carbons (Fsp3) is 0.562. The van der Waals surface area contributed by atoms with Crippen LogP contribution in [0.3, 0.4) is 0 Å². The Morgan fingerprint density at radius 1 is 1.19 bits per heavy atom. The van der Waals surface area contributed by atoms with E-state index in [0.717, 1.165) is 23.8 Å². The lowest BCUT2D eigenvalue weighted by Crippen LogP contribution is -2.35. The van der Waals surface area contributed by atoms with Gasteiger partial charge >= 0.3 is 0 Å². The number of hydrogen-bond acceptors (Lipinski definition) is 5. The quantitative estimate of drug-likeness (QED) is 0.915. The van der Waals surface area contributed by atoms with Crippen LogP contribution in [-0.2, 0) is 13.0 Å². The van der Waals surface area contributed by atoms with E-state index in [1.165, 1.54) is 10.6 Å². The van der Waals surface area contributed by atoms with Crippen LogP contribution < -0.4 is 5.32 Å². The SMILES string of the molecule is CC(C)Cc1nc(-c2ncccn2)sc1CNC(C)(C)C. The minimum Gasteiger partial charge on any atom is -0.307 e. The van der Waals surface area contributed by atoms with E-state index >= 15 is 0 Å². The van der Waals surface area contributed by atoms with E-state index in [0.29, 0.717) is 5.92 Å². The number of thiazole rings is 1. The second-order valence-electron chi connectivity index (χ2n) is 6.66. The van der Waals surface area contributed by atoms with Gasteiger partial charge in [0, 0.05) is 29.4 Å². The summed E-state index contributed by atoms with van der Waals surface area (Å²) in [5.74, 6) is 1.31. The van der Waals surface area contributed by atoms with Gasteiger partial charge in [-0.1, -0.05) is 13.8 Å². The van der Waals surface area contributed by atoms with Crippen LogP contribution >= 0.6 is 11.3 Å². The third-order valence-corrected chi connectivity index (χ3v) is 4.01. The molecule has 0 fully saturated rings. The van der Waals surface area contributed by atoms with Crippen LogP contribution in [0.15, 0.2) is 18.5 Å². The van der Waals surface area contributed by atoms with E-state index in [-0.39, 0.29) is 5.54 Å². The molecule has 0 radical (unpaired) electrons. The Labute approximate surface area is 131 Å². The molecule has 0 bridgehead atoms. The molecule has 0 aromatic carbocycles. The van der Waals surface area contributed by atoms with Crippen LogP contribution in [0.2, 0.25) is 0 Å². The normalized spacial score (nSPS) is 12.1. The fourth-order valence-electron chi connectivity index (χ4n) is 1.92. The summed E-state index contributed by atoms with van der Waals surface area (Å²) in [6, 6.07) is 1.83. The fourth-order valence-corrected chi connectivity index (χ4v) is 2.90. The zero-order valence-electron chi connectivity index (χ0n) is 13.5. The third-order valence-electron chi connectivity index (χ3n) is 2.92. The van der Waals surface area contributed by atoms with E-state index in [1.807, 2.05) is 6.07 Å². The summed E-state index contributed by atoms with van der Waals surface area (Å²) in [6.45, 7) is 11.8. The van der Waals surface area contributed by atoms with Crippen molar-refractivity contribution in [2.45, 2.75) is 53.1 Å². The monoisotopic (exact) mass is 304 g/mol. The minimum absolute atomic E-state index is 0.0997. The summed E-state index contributed by atoms with van der Waals surface area (Å²) in [5, 5.41) is 4.46. The number of aromatic nitrogens is 3. The molecule has 21 heavy (non-hydrogen) atoms. The molecule has 114 valence electrons. The van der Waals surface area contributed by atoms with Gasteiger partial charge in [-0.15, -0.1) is 11.3 Å². The van der Waals surface area contributed by atoms with Crippen molar-refractivity contribution in [1.82, 2.24) is 20.3 Å². The van der Waals surface area contributed by atoms with Crippen LogP contribution in [0.25, 0.3) is 10.8 Å². The average molecular weight is 304 g/mol. The molecule has 4 nitrogen and oxygen atoms in total. The lowest BCUT2D eigenvalue weighted by Gasteiger charge is -2.20. The molecule has 5 heteroatoms. The van der Waals surface area contributed by atoms with Crippen molar-refractivity contribution in [3.63, 3.8) is 0 Å². The Balaban J connectivity index is 2.27. The maximum Gasteiger partial charge on any atom is 0.188 e. The first-order valence-electron chi connectivity index (χ1n) is 7.36. The summed E-state index contributed by atoms with van der Waals surface area (Å²) < 4.78 is 0. The molecule has 0 saturated heterocycles. The first-order chi connectivity index (χ1) is 9.85. The van der Waals surface area contributed by atoms with Crippen LogP contribution in [0.4, 0.5) is 0 Å². The molecule has 0 spiro atoms. The van der Waals surface area contributed by atoms with Gasteiger partial charge in [-0.25, -0.2) is 15.0 Å². The van der Waals surface area contributed by atoms with Crippen LogP contribution in [-0.4, -0.2) is 20.5 Å². The lowest BCUT2D eigenvalue weighted by atomic mass is 10.1. The highest BCUT2D eigenvalue weighted by atomic mass is 32.1. The van der Waals surface area contributed by atoms with Crippen LogP contribution in [0.1, 0.15) is 45.2 Å². The maximum atomic E-state index is 4.77. The molecule has 2 rings (SSSR count). The van der Waals surface area contributed by atoms with Gasteiger partial charge in [0.2, 0.25) is 0 Å². The largest absolute Gasteiger partial charge is 0.307 e. The highest BCUT2D eigenvalue weighted by molar-refractivity contribution is 7.15. The van der Waals surface area contributed by atoms with E-state index in [2.05, 4.69) is 49.9 Å². The van der Waals surface area contributed by atoms with E-state index in [9.17, 15) is 0 Å². The number of rotatable bonds is 5. The Kier molecular flexibility index (Phi) is 5.06. The van der Waals surface area contributed by atoms with Gasteiger partial charge in [0.1, 0.15) is 0 Å². The summed E-state index contributed by atoms with van der Waals surface area (Å²) in [4.78, 5) is 14.7. The molecule has 0 aliphatic rings. The summed E-state index contributed by atoms with van der Waals surface area (Å²) in [5.41, 5.74) is 1.27. The molecular formula is C16H24N4S. The second kappa shape index (κ2) is 6.62. The van der Waals surface area contributed by atoms with Crippen molar-refractivity contribution in [3.05, 3.63) is 29.0 Å². The molecular weight excluding hydrogens is 280 g/mol. The van der Waals surface area contributed by atoms with Gasteiger partial charge < -0.3 is 5.32 Å². The van der Waals surface area contributed by atoms with Gasteiger partial charge in [0.25, 0.3) is 0 Å². The van der Waals surface area contributed by atoms with E-state index in [1.54, 1.807) is 23.7 Å². The Morgan fingerprint density at radius 2 is 1.86 bits per heavy atom. The summed E-state index contributed by atoms with van der Waals surface area (Å²) in [6.07, 6.45) is 4.52. The standard InChI is InChI=1S/C16H24N4S/c1-11(2)9-12-13(10-19-16(3,4)5)21-15(20-12)14-17-7-6-8-18-14/h6-8,11,19H,9-10H2,1-5H3. The Morgan fingerprint density at radius 3 is 2.43 bits per heavy atom. The first kappa shape index (κ1) is 16.0. The van der Waals surface area contributed by atoms with E-state index in [4.69, 9.17) is 4.98 Å². The van der Waals surface area contributed by atoms with Crippen LogP contribution in [0.5, 0.6) is 0 Å². The van der Waals surface area contributed by atoms with Crippen molar-refractivity contribution in [1.29, 1.82) is 0 Å². The van der Waals surface area contributed by atoms with Crippen LogP contribution in [0, 0.1) is 5.92 Å². The zero-order chi connectivity index (χ0) is 15.5. The molecule has 0 aliphatic carbocycles. The third kappa shape index (κ3) is 4.86. The molecule has 0 saturated carbocycles. The number of nitrogens with zero attached hydrogens (tertiary/aromatic N) is 3. The van der Waals surface area contributed by atoms with Gasteiger partial charge in [0.05, 0.1) is 5.69 Å². The predicted octanol–water partition coefficient (Wildman–Crippen LogP) is 3.69. The number of nitrogens with one attached hydrogen (secondary N) is 1. The first-order valence-corrected chi connectivity index (χ1v) is 8.18. The Bertz CT molecular complexity index is 570. The molecule has 2 heterocycles. The van der Waals surface area contributed by atoms with Crippen molar-refractivity contribution in [2.24, 2.45) is 5.92 Å². The van der Waals surface area contributed by atoms with Crippen molar-refractivity contribution >= 4 is 11.3 Å². The molecule has 0 unspecified atom stereocenters. The van der Waals surface area contributed by atoms with E-state index < -0.39 is 0 Å². The summed E-state index contributed by atoms with van der Waals surface area (Å²) in [7, 11) is 0. The second-order valence-corrected chi connectivity index (χ2v) is 7.75. The van der Waals surface area contributed by atoms with Crippen molar-refractivity contribution in [2.75, 3.05) is 0 Å². The van der Waals surface area contributed by atoms with Crippen molar-refractivity contribution in [3.8, 4) is 10.8 Å². The van der Waals surface area contributed by atoms with Gasteiger partial charge in [-0.3, -0.25) is 0 Å². The molecule has 0 atom stereocenters. The lowest BCUT2D eigenvalue weighted by molar-refractivity contribution is 0.425. The summed E-state index contributed by atoms with van der Waals surface area (Å²) >= 11 is 1.70. The smallest absolute Gasteiger partial charge is 0.188 e. The Hall–Kier alpha value is -1.33. The predicted molar refractivity (Wildman–Crippen MR) is 88.3 cm³/mol. The molecule has 0 amide bonds. The minimum atomic E-state index is 0.0997. The molecule has 2 aromatic rings. The average Bonchev–Trinajstić information content (AvgIpc) is 2.79. The van der Waals surface area contributed by atoms with Gasteiger partial charge in [-0.2, -0.15) is 0 Å². The number of hydrogen-bond donors (Lipinski definition) is 1. The van der Waals surface area contributed by atoms with Gasteiger partial charge in [0.15, 0.2) is 10.8 Å². The highest BCUT2D eigenvalue weighted by Crippen LogP contribution is 2.27. The topological polar surface area (TPSA) is 50.7 Å². The molecule has 2 aromatic heterocycles. The molecule has 1 N–H and O–H groups in total. The highest BCUT2D eigenvalue weighted by Gasteiger charge is 2.17.